The molecule has 1 aromatic rings. The van der Waals surface area contributed by atoms with Gasteiger partial charge in [0.15, 0.2) is 0 Å². The molecule has 0 radical (unpaired) electrons. The molecule has 0 aromatic heterocycles. The monoisotopic (exact) mass is 315 g/mol. The summed E-state index contributed by atoms with van der Waals surface area (Å²) in [5, 5.41) is 0.749. The first-order valence-corrected chi connectivity index (χ1v) is 7.30. The van der Waals surface area contributed by atoms with Gasteiger partial charge in [0.2, 0.25) is 0 Å². The molecule has 0 spiro atoms. The minimum absolute atomic E-state index is 0.233. The van der Waals surface area contributed by atoms with Crippen molar-refractivity contribution >= 4 is 52.2 Å². The molecule has 0 bridgehead atoms. The number of halogens is 2. The maximum absolute atomic E-state index is 12.0. The van der Waals surface area contributed by atoms with E-state index in [0.29, 0.717) is 27.1 Å². The predicted molar refractivity (Wildman–Crippen MR) is 79.4 cm³/mol. The zero-order valence-electron chi connectivity index (χ0n) is 10.2. The van der Waals surface area contributed by atoms with Gasteiger partial charge in [0.1, 0.15) is 0 Å². The Bertz CT molecular complexity index is 572. The Hall–Kier alpha value is -0.970. The molecule has 1 heterocycles. The summed E-state index contributed by atoms with van der Waals surface area (Å²) in [4.78, 5) is 25.4. The molecule has 6 heteroatoms. The van der Waals surface area contributed by atoms with E-state index in [1.165, 1.54) is 4.90 Å². The maximum atomic E-state index is 12.0. The number of hydrogen-bond donors (Lipinski definition) is 0. The number of imide groups is 1. The maximum Gasteiger partial charge on any atom is 0.293 e. The van der Waals surface area contributed by atoms with Gasteiger partial charge in [0, 0.05) is 16.6 Å². The molecule has 2 rings (SSSR count). The predicted octanol–water partition coefficient (Wildman–Crippen LogP) is 4.44. The number of nitrogens with zero attached hydrogens (tertiary/aromatic N) is 1. The van der Waals surface area contributed by atoms with E-state index < -0.39 is 0 Å². The lowest BCUT2D eigenvalue weighted by atomic mass is 10.2. The van der Waals surface area contributed by atoms with E-state index in [0.717, 1.165) is 18.2 Å². The highest BCUT2D eigenvalue weighted by Gasteiger charge is 2.34. The normalized spacial score (nSPS) is 17.6. The number of benzene rings is 1. The van der Waals surface area contributed by atoms with Crippen LogP contribution in [0.25, 0.3) is 6.08 Å². The first-order valence-electron chi connectivity index (χ1n) is 5.73. The summed E-state index contributed by atoms with van der Waals surface area (Å²) in [5.41, 5.74) is 0.674. The van der Waals surface area contributed by atoms with Crippen molar-refractivity contribution in [2.45, 2.75) is 13.3 Å². The minimum atomic E-state index is -0.261. The van der Waals surface area contributed by atoms with Gasteiger partial charge < -0.3 is 0 Å². The Morgan fingerprint density at radius 2 is 2.05 bits per heavy atom. The molecule has 2 amide bonds. The summed E-state index contributed by atoms with van der Waals surface area (Å²) in [5.74, 6) is -0.261. The van der Waals surface area contributed by atoms with Gasteiger partial charge in [-0.2, -0.15) is 0 Å². The van der Waals surface area contributed by atoms with Gasteiger partial charge in [0.05, 0.1) is 4.91 Å². The molecule has 1 aliphatic rings. The van der Waals surface area contributed by atoms with Gasteiger partial charge in [-0.05, 0) is 42.0 Å². The van der Waals surface area contributed by atoms with E-state index in [1.54, 1.807) is 24.3 Å². The Balaban J connectivity index is 2.30. The lowest BCUT2D eigenvalue weighted by Crippen LogP contribution is -2.28. The first-order chi connectivity index (χ1) is 9.02. The van der Waals surface area contributed by atoms with Gasteiger partial charge in [-0.3, -0.25) is 14.5 Å². The fourth-order valence-corrected chi connectivity index (χ4v) is 3.00. The Morgan fingerprint density at radius 3 is 2.68 bits per heavy atom. The van der Waals surface area contributed by atoms with Crippen molar-refractivity contribution in [3.8, 4) is 0 Å². The molecule has 19 heavy (non-hydrogen) atoms. The second-order valence-corrected chi connectivity index (χ2v) is 5.84. The van der Waals surface area contributed by atoms with Crippen LogP contribution in [0.4, 0.5) is 4.79 Å². The van der Waals surface area contributed by atoms with Gasteiger partial charge >= 0.3 is 0 Å². The van der Waals surface area contributed by atoms with Crippen molar-refractivity contribution in [1.29, 1.82) is 0 Å². The average Bonchev–Trinajstić information content (AvgIpc) is 2.61. The highest BCUT2D eigenvalue weighted by Crippen LogP contribution is 2.33. The van der Waals surface area contributed by atoms with Crippen molar-refractivity contribution in [1.82, 2.24) is 4.90 Å². The van der Waals surface area contributed by atoms with E-state index >= 15 is 0 Å². The molecule has 0 saturated carbocycles. The van der Waals surface area contributed by atoms with Crippen molar-refractivity contribution in [3.63, 3.8) is 0 Å². The Labute approximate surface area is 125 Å². The molecule has 0 unspecified atom stereocenters. The molecule has 1 aliphatic heterocycles. The third-order valence-corrected chi connectivity index (χ3v) is 4.04. The quantitative estimate of drug-likeness (QED) is 0.774. The fourth-order valence-electron chi connectivity index (χ4n) is 1.68. The van der Waals surface area contributed by atoms with Crippen LogP contribution < -0.4 is 0 Å². The number of thioether (sulfide) groups is 1. The molecule has 0 aliphatic carbocycles. The van der Waals surface area contributed by atoms with Crippen LogP contribution in [0.15, 0.2) is 23.1 Å². The van der Waals surface area contributed by atoms with Gasteiger partial charge in [-0.25, -0.2) is 0 Å². The van der Waals surface area contributed by atoms with Crippen molar-refractivity contribution in [3.05, 3.63) is 38.7 Å². The summed E-state index contributed by atoms with van der Waals surface area (Å²) in [7, 11) is 0. The van der Waals surface area contributed by atoms with Crippen LogP contribution in [0.1, 0.15) is 18.9 Å². The Morgan fingerprint density at radius 1 is 1.32 bits per heavy atom. The van der Waals surface area contributed by atoms with Crippen LogP contribution >= 0.6 is 35.0 Å². The first kappa shape index (κ1) is 14.4. The fraction of sp³-hybridized carbons (Fsp3) is 0.231. The van der Waals surface area contributed by atoms with E-state index in [2.05, 4.69) is 0 Å². The summed E-state index contributed by atoms with van der Waals surface area (Å²) in [6, 6.07) is 5.01. The molecular weight excluding hydrogens is 305 g/mol. The van der Waals surface area contributed by atoms with Gasteiger partial charge in [-0.15, -0.1) is 0 Å². The number of rotatable bonds is 3. The summed E-state index contributed by atoms with van der Waals surface area (Å²) in [6.07, 6.45) is 2.37. The standard InChI is InChI=1S/C13H11Cl2NO2S/c1-2-5-16-12(17)11(19-13(16)18)6-8-3-4-9(14)7-10(8)15/h3-4,6-7H,2,5H2,1H3/b11-6+. The smallest absolute Gasteiger partial charge is 0.268 e. The van der Waals surface area contributed by atoms with Crippen molar-refractivity contribution in [2.24, 2.45) is 0 Å². The van der Waals surface area contributed by atoms with E-state index in [-0.39, 0.29) is 11.1 Å². The van der Waals surface area contributed by atoms with Crippen LogP contribution in [-0.2, 0) is 4.79 Å². The van der Waals surface area contributed by atoms with Gasteiger partial charge in [0.25, 0.3) is 11.1 Å². The second-order valence-electron chi connectivity index (χ2n) is 4.00. The average molecular weight is 316 g/mol. The largest absolute Gasteiger partial charge is 0.293 e. The van der Waals surface area contributed by atoms with E-state index in [1.807, 2.05) is 6.92 Å². The molecule has 1 saturated heterocycles. The zero-order valence-corrected chi connectivity index (χ0v) is 12.5. The number of amides is 2. The van der Waals surface area contributed by atoms with Crippen LogP contribution in [-0.4, -0.2) is 22.6 Å². The van der Waals surface area contributed by atoms with E-state index in [9.17, 15) is 9.59 Å². The van der Waals surface area contributed by atoms with Crippen LogP contribution in [0.5, 0.6) is 0 Å². The molecule has 100 valence electrons. The summed E-state index contributed by atoms with van der Waals surface area (Å²) < 4.78 is 0. The van der Waals surface area contributed by atoms with Crippen molar-refractivity contribution in [2.75, 3.05) is 6.54 Å². The molecule has 0 atom stereocenters. The van der Waals surface area contributed by atoms with E-state index in [4.69, 9.17) is 23.2 Å². The molecule has 1 aromatic carbocycles. The van der Waals surface area contributed by atoms with Crippen molar-refractivity contribution < 1.29 is 9.59 Å². The molecular formula is C13H11Cl2NO2S. The van der Waals surface area contributed by atoms with Crippen LogP contribution in [0, 0.1) is 0 Å². The second kappa shape index (κ2) is 5.99. The number of carbonyl (C=O) groups is 2. The Kier molecular flexibility index (Phi) is 4.55. The number of carbonyl (C=O) groups excluding carboxylic acids is 2. The highest BCUT2D eigenvalue weighted by atomic mass is 35.5. The minimum Gasteiger partial charge on any atom is -0.268 e. The summed E-state index contributed by atoms with van der Waals surface area (Å²) >= 11 is 12.8. The van der Waals surface area contributed by atoms with Crippen LogP contribution in [0.2, 0.25) is 10.0 Å². The van der Waals surface area contributed by atoms with Crippen LogP contribution in [0.3, 0.4) is 0 Å². The topological polar surface area (TPSA) is 37.4 Å². The molecule has 3 nitrogen and oxygen atoms in total. The lowest BCUT2D eigenvalue weighted by Gasteiger charge is -2.09. The number of hydrogen-bond acceptors (Lipinski definition) is 3. The molecule has 1 fully saturated rings. The highest BCUT2D eigenvalue weighted by molar-refractivity contribution is 8.18. The molecule has 0 N–H and O–H groups in total. The SMILES string of the molecule is CCCN1C(=O)S/C(=C/c2ccc(Cl)cc2Cl)C1=O. The van der Waals surface area contributed by atoms with Gasteiger partial charge in [-0.1, -0.05) is 36.2 Å². The zero-order chi connectivity index (χ0) is 14.0. The third kappa shape index (κ3) is 3.14. The third-order valence-electron chi connectivity index (χ3n) is 2.57. The summed E-state index contributed by atoms with van der Waals surface area (Å²) in [6.45, 7) is 2.36. The lowest BCUT2D eigenvalue weighted by molar-refractivity contribution is -0.122.